The first-order chi connectivity index (χ1) is 8.88. The van der Waals surface area contributed by atoms with Gasteiger partial charge in [-0.05, 0) is 0 Å². The molecule has 3 bridgehead atoms. The summed E-state index contributed by atoms with van der Waals surface area (Å²) >= 11 is 6.39. The minimum atomic E-state index is -1.67. The molecule has 4 rings (SSSR count). The highest BCUT2D eigenvalue weighted by Gasteiger charge is 2.76. The van der Waals surface area contributed by atoms with E-state index in [0.717, 1.165) is 4.90 Å². The van der Waals surface area contributed by atoms with Gasteiger partial charge in [0.25, 0.3) is 11.8 Å². The number of fused-ring (bicyclic) bond motifs is 2. The van der Waals surface area contributed by atoms with Crippen LogP contribution in [0.25, 0.3) is 0 Å². The van der Waals surface area contributed by atoms with Crippen molar-refractivity contribution in [2.24, 2.45) is 0 Å². The lowest BCUT2D eigenvalue weighted by molar-refractivity contribution is -0.379. The van der Waals surface area contributed by atoms with Crippen LogP contribution in [0, 0.1) is 0 Å². The van der Waals surface area contributed by atoms with Crippen molar-refractivity contribution in [3.8, 4) is 0 Å². The van der Waals surface area contributed by atoms with Crippen molar-refractivity contribution in [3.63, 3.8) is 0 Å². The zero-order chi connectivity index (χ0) is 13.6. The Morgan fingerprint density at radius 1 is 1.42 bits per heavy atom. The monoisotopic (exact) mass is 398 g/mol. The second-order valence-corrected chi connectivity index (χ2v) is 8.18. The van der Waals surface area contributed by atoms with Crippen molar-refractivity contribution < 1.29 is 28.9 Å². The number of alkyl halides is 2. The van der Waals surface area contributed by atoms with E-state index in [1.807, 2.05) is 0 Å². The van der Waals surface area contributed by atoms with Gasteiger partial charge >= 0.3 is 6.03 Å². The highest BCUT2D eigenvalue weighted by Crippen LogP contribution is 2.55. The topological polar surface area (TPSA) is 97.3 Å². The van der Waals surface area contributed by atoms with Crippen LogP contribution in [0.1, 0.15) is 0 Å². The lowest BCUT2D eigenvalue weighted by atomic mass is 10.0. The van der Waals surface area contributed by atoms with Gasteiger partial charge in [-0.25, -0.2) is 9.69 Å². The number of imide groups is 1. The maximum absolute atomic E-state index is 12.0. The molecule has 5 atom stereocenters. The molecule has 0 aromatic rings. The summed E-state index contributed by atoms with van der Waals surface area (Å²) in [5, 5.41) is 12.2. The number of carbonyl (C=O) groups is 2. The van der Waals surface area contributed by atoms with Crippen LogP contribution in [0.3, 0.4) is 0 Å². The molecule has 4 fully saturated rings. The molecule has 19 heavy (non-hydrogen) atoms. The summed E-state index contributed by atoms with van der Waals surface area (Å²) in [4.78, 5) is 25.1. The van der Waals surface area contributed by atoms with Gasteiger partial charge in [-0.2, -0.15) is 0 Å². The largest absolute Gasteiger partial charge is 0.386 e. The van der Waals surface area contributed by atoms with E-state index in [0.29, 0.717) is 0 Å². The van der Waals surface area contributed by atoms with Gasteiger partial charge < -0.3 is 19.3 Å². The first-order valence-corrected chi connectivity index (χ1v) is 7.15. The Kier molecular flexibility index (Phi) is 2.29. The molecule has 0 aromatic carbocycles. The maximum Gasteiger partial charge on any atom is 0.330 e. The standard InChI is InChI=1S/C9H8Br2N2O6/c10-8(11)6(15)12-7(16)13-5-3(14)4-2(18-5)1-17-9(8,13)19-4/h2-5,14H,1H2,(H,12,15,16)/t2-,3-,4+,5-,9?/m1/s1. The predicted molar refractivity (Wildman–Crippen MR) is 64.2 cm³/mol. The first kappa shape index (κ1) is 12.5. The Bertz CT molecular complexity index is 501. The molecule has 2 N–H and O–H groups in total. The Hall–Kier alpha value is -0.260. The second-order valence-electron chi connectivity index (χ2n) is 4.73. The smallest absolute Gasteiger partial charge is 0.330 e. The highest BCUT2D eigenvalue weighted by molar-refractivity contribution is 9.26. The average Bonchev–Trinajstić information content (AvgIpc) is 2.53. The molecule has 4 aliphatic heterocycles. The molecule has 0 radical (unpaired) electrons. The van der Waals surface area contributed by atoms with Crippen molar-refractivity contribution in [1.29, 1.82) is 0 Å². The van der Waals surface area contributed by atoms with E-state index in [1.54, 1.807) is 0 Å². The number of nitrogens with zero attached hydrogens (tertiary/aromatic N) is 1. The van der Waals surface area contributed by atoms with Gasteiger partial charge in [-0.3, -0.25) is 10.1 Å². The van der Waals surface area contributed by atoms with Gasteiger partial charge in [-0.15, -0.1) is 0 Å². The van der Waals surface area contributed by atoms with E-state index in [1.165, 1.54) is 0 Å². The summed E-state index contributed by atoms with van der Waals surface area (Å²) < 4.78 is 15.4. The lowest BCUT2D eigenvalue weighted by Crippen LogP contribution is -2.81. The number of aliphatic hydroxyl groups is 1. The van der Waals surface area contributed by atoms with Crippen LogP contribution in [0.4, 0.5) is 4.79 Å². The number of rotatable bonds is 0. The van der Waals surface area contributed by atoms with Crippen LogP contribution in [0.15, 0.2) is 0 Å². The lowest BCUT2D eigenvalue weighted by Gasteiger charge is -2.56. The molecule has 4 heterocycles. The number of halogens is 2. The summed E-state index contributed by atoms with van der Waals surface area (Å²) in [5.41, 5.74) is 0. The third-order valence-corrected chi connectivity index (χ3v) is 5.46. The number of urea groups is 1. The number of amides is 3. The van der Waals surface area contributed by atoms with Crippen LogP contribution in [0.5, 0.6) is 0 Å². The van der Waals surface area contributed by atoms with Crippen molar-refractivity contribution in [2.45, 2.75) is 33.7 Å². The van der Waals surface area contributed by atoms with Gasteiger partial charge in [0.15, 0.2) is 6.23 Å². The third-order valence-electron chi connectivity index (χ3n) is 3.74. The number of nitrogens with one attached hydrogen (secondary N) is 1. The molecule has 4 aliphatic rings. The Labute approximate surface area is 123 Å². The van der Waals surface area contributed by atoms with Crippen LogP contribution in [-0.2, 0) is 19.0 Å². The van der Waals surface area contributed by atoms with E-state index in [4.69, 9.17) is 14.2 Å². The van der Waals surface area contributed by atoms with E-state index in [-0.39, 0.29) is 6.61 Å². The number of hydrogen-bond donors (Lipinski definition) is 2. The maximum atomic E-state index is 12.0. The van der Waals surface area contributed by atoms with Crippen LogP contribution in [0.2, 0.25) is 0 Å². The molecular formula is C9H8Br2N2O6. The van der Waals surface area contributed by atoms with Crippen LogP contribution in [-0.4, -0.2) is 62.2 Å². The van der Waals surface area contributed by atoms with Crippen molar-refractivity contribution in [1.82, 2.24) is 10.2 Å². The fraction of sp³-hybridized carbons (Fsp3) is 0.778. The molecule has 8 nitrogen and oxygen atoms in total. The molecule has 1 spiro atoms. The van der Waals surface area contributed by atoms with E-state index in [9.17, 15) is 14.7 Å². The van der Waals surface area contributed by atoms with Gasteiger partial charge in [0, 0.05) is 0 Å². The number of hydrogen-bond acceptors (Lipinski definition) is 6. The van der Waals surface area contributed by atoms with Gasteiger partial charge in [0.05, 0.1) is 6.61 Å². The predicted octanol–water partition coefficient (Wildman–Crippen LogP) is -0.807. The van der Waals surface area contributed by atoms with Crippen LogP contribution >= 0.6 is 31.9 Å². The van der Waals surface area contributed by atoms with Gasteiger partial charge in [0.2, 0.25) is 3.23 Å². The van der Waals surface area contributed by atoms with E-state index >= 15 is 0 Å². The summed E-state index contributed by atoms with van der Waals surface area (Å²) in [6, 6.07) is -0.732. The van der Waals surface area contributed by atoms with Crippen molar-refractivity contribution in [3.05, 3.63) is 0 Å². The minimum absolute atomic E-state index is 0.119. The fourth-order valence-electron chi connectivity index (χ4n) is 2.86. The quantitative estimate of drug-likeness (QED) is 0.517. The highest BCUT2D eigenvalue weighted by atomic mass is 79.9. The molecule has 1 unspecified atom stereocenters. The molecule has 3 amide bonds. The molecule has 0 saturated carbocycles. The van der Waals surface area contributed by atoms with E-state index in [2.05, 4.69) is 37.2 Å². The van der Waals surface area contributed by atoms with Crippen molar-refractivity contribution in [2.75, 3.05) is 6.61 Å². The fourth-order valence-corrected chi connectivity index (χ4v) is 3.86. The molecule has 10 heteroatoms. The van der Waals surface area contributed by atoms with Gasteiger partial charge in [0.1, 0.15) is 18.3 Å². The normalized spacial score (nSPS) is 50.2. The first-order valence-electron chi connectivity index (χ1n) is 5.56. The summed E-state index contributed by atoms with van der Waals surface area (Å²) in [5.74, 6) is -2.31. The van der Waals surface area contributed by atoms with Crippen molar-refractivity contribution >= 4 is 43.8 Å². The Morgan fingerprint density at radius 3 is 2.89 bits per heavy atom. The molecule has 0 aromatic heterocycles. The summed E-state index contributed by atoms with van der Waals surface area (Å²) in [7, 11) is 0. The number of ether oxygens (including phenoxy) is 3. The molecule has 4 saturated heterocycles. The molecular weight excluding hydrogens is 392 g/mol. The number of aliphatic hydroxyl groups excluding tert-OH is 1. The molecule has 104 valence electrons. The zero-order valence-electron chi connectivity index (χ0n) is 9.21. The van der Waals surface area contributed by atoms with E-state index < -0.39 is 45.6 Å². The Morgan fingerprint density at radius 2 is 2.16 bits per heavy atom. The summed E-state index contributed by atoms with van der Waals surface area (Å²) in [6.07, 6.45) is -2.98. The average molecular weight is 400 g/mol. The molecule has 0 aliphatic carbocycles. The van der Waals surface area contributed by atoms with Crippen LogP contribution < -0.4 is 5.32 Å². The van der Waals surface area contributed by atoms with Gasteiger partial charge in [-0.1, -0.05) is 31.9 Å². The second kappa shape index (κ2) is 3.49. The number of carbonyl (C=O) groups excluding carboxylic acids is 2. The SMILES string of the molecule is O=C1NC(=O)C(Br)(Br)C23OC[C@H]4O[C@H]([C@H](O)[C@H]4O2)N13. The zero-order valence-corrected chi connectivity index (χ0v) is 12.4. The summed E-state index contributed by atoms with van der Waals surface area (Å²) in [6.45, 7) is 0.119. The Balaban J connectivity index is 1.91. The third kappa shape index (κ3) is 1.23. The minimum Gasteiger partial charge on any atom is -0.386 e.